The van der Waals surface area contributed by atoms with Crippen molar-refractivity contribution in [1.29, 1.82) is 0 Å². The fourth-order valence-corrected chi connectivity index (χ4v) is 1.94. The van der Waals surface area contributed by atoms with Crippen LogP contribution < -0.4 is 5.32 Å². The van der Waals surface area contributed by atoms with Gasteiger partial charge in [-0.2, -0.15) is 0 Å². The number of aryl methyl sites for hydroxylation is 1. The van der Waals surface area contributed by atoms with Gasteiger partial charge in [-0.05, 0) is 37.1 Å². The number of para-hydroxylation sites is 1. The molecule has 0 radical (unpaired) electrons. The lowest BCUT2D eigenvalue weighted by atomic mass is 10.1. The van der Waals surface area contributed by atoms with E-state index in [1.54, 1.807) is 19.1 Å². The second kappa shape index (κ2) is 5.93. The molecule has 0 aliphatic rings. The number of anilines is 1. The summed E-state index contributed by atoms with van der Waals surface area (Å²) in [5.41, 5.74) is 1.90. The summed E-state index contributed by atoms with van der Waals surface area (Å²) in [6.07, 6.45) is 0.860. The van der Waals surface area contributed by atoms with Crippen molar-refractivity contribution in [3.05, 3.63) is 53.5 Å². The number of carbonyl (C=O) groups is 1. The van der Waals surface area contributed by atoms with E-state index in [4.69, 9.17) is 16.0 Å². The number of alkyl halides is 1. The molecule has 1 atom stereocenters. The number of nitrogens with one attached hydrogen (secondary N) is 1. The number of hydrogen-bond acceptors (Lipinski definition) is 2. The molecule has 4 heteroatoms. The molecule has 0 saturated carbocycles. The van der Waals surface area contributed by atoms with Crippen LogP contribution in [0.1, 0.15) is 41.1 Å². The van der Waals surface area contributed by atoms with E-state index in [9.17, 15) is 4.79 Å². The molecule has 0 bridgehead atoms. The highest BCUT2D eigenvalue weighted by atomic mass is 35.5. The molecule has 2 rings (SSSR count). The Labute approximate surface area is 117 Å². The number of hydrogen-bond donors (Lipinski definition) is 1. The van der Waals surface area contributed by atoms with Gasteiger partial charge in [-0.15, -0.1) is 11.6 Å². The van der Waals surface area contributed by atoms with E-state index in [-0.39, 0.29) is 17.0 Å². The van der Waals surface area contributed by atoms with E-state index >= 15 is 0 Å². The van der Waals surface area contributed by atoms with Crippen molar-refractivity contribution in [3.8, 4) is 0 Å². The number of amides is 1. The number of furan rings is 1. The van der Waals surface area contributed by atoms with Crippen molar-refractivity contribution in [2.75, 3.05) is 5.32 Å². The zero-order chi connectivity index (χ0) is 13.8. The first kappa shape index (κ1) is 13.7. The smallest absolute Gasteiger partial charge is 0.291 e. The third kappa shape index (κ3) is 3.18. The van der Waals surface area contributed by atoms with Gasteiger partial charge in [0.2, 0.25) is 0 Å². The normalized spacial score (nSPS) is 12.2. The van der Waals surface area contributed by atoms with Crippen LogP contribution in [-0.2, 0) is 6.42 Å². The zero-order valence-electron chi connectivity index (χ0n) is 10.9. The first-order valence-corrected chi connectivity index (χ1v) is 6.68. The van der Waals surface area contributed by atoms with Crippen molar-refractivity contribution in [3.63, 3.8) is 0 Å². The Hall–Kier alpha value is -1.74. The van der Waals surface area contributed by atoms with Crippen LogP contribution in [0.15, 0.2) is 40.8 Å². The molecule has 0 aliphatic heterocycles. The minimum absolute atomic E-state index is 0.246. The van der Waals surface area contributed by atoms with Crippen molar-refractivity contribution in [1.82, 2.24) is 0 Å². The molecule has 0 fully saturated rings. The Morgan fingerprint density at radius 2 is 2.05 bits per heavy atom. The van der Waals surface area contributed by atoms with Crippen LogP contribution in [0.5, 0.6) is 0 Å². The summed E-state index contributed by atoms with van der Waals surface area (Å²) in [6.45, 7) is 3.85. The fraction of sp³-hybridized carbons (Fsp3) is 0.267. The SMILES string of the molecule is CCc1ccccc1NC(=O)c1ccc(C(C)Cl)o1. The zero-order valence-corrected chi connectivity index (χ0v) is 11.7. The summed E-state index contributed by atoms with van der Waals surface area (Å²) in [5.74, 6) is 0.605. The molecule has 1 aromatic carbocycles. The average Bonchev–Trinajstić information content (AvgIpc) is 2.89. The minimum atomic E-state index is -0.260. The van der Waals surface area contributed by atoms with Gasteiger partial charge in [0, 0.05) is 5.69 Å². The van der Waals surface area contributed by atoms with Gasteiger partial charge < -0.3 is 9.73 Å². The number of carbonyl (C=O) groups excluding carboxylic acids is 1. The van der Waals surface area contributed by atoms with Crippen LogP contribution in [-0.4, -0.2) is 5.91 Å². The second-order valence-corrected chi connectivity index (χ2v) is 4.94. The van der Waals surface area contributed by atoms with Crippen LogP contribution in [0, 0.1) is 0 Å². The Kier molecular flexibility index (Phi) is 4.27. The van der Waals surface area contributed by atoms with Crippen molar-refractivity contribution >= 4 is 23.2 Å². The highest BCUT2D eigenvalue weighted by Crippen LogP contribution is 2.23. The third-order valence-electron chi connectivity index (χ3n) is 2.89. The van der Waals surface area contributed by atoms with Gasteiger partial charge >= 0.3 is 0 Å². The summed E-state index contributed by atoms with van der Waals surface area (Å²) in [7, 11) is 0. The van der Waals surface area contributed by atoms with Gasteiger partial charge in [0.15, 0.2) is 5.76 Å². The van der Waals surface area contributed by atoms with Gasteiger partial charge in [-0.3, -0.25) is 4.79 Å². The molecule has 1 N–H and O–H groups in total. The molecule has 1 aromatic heterocycles. The monoisotopic (exact) mass is 277 g/mol. The van der Waals surface area contributed by atoms with E-state index in [1.807, 2.05) is 31.2 Å². The van der Waals surface area contributed by atoms with Crippen molar-refractivity contribution < 1.29 is 9.21 Å². The lowest BCUT2D eigenvalue weighted by molar-refractivity contribution is 0.0995. The Morgan fingerprint density at radius 1 is 1.32 bits per heavy atom. The molecule has 0 spiro atoms. The Morgan fingerprint density at radius 3 is 2.68 bits per heavy atom. The molecule has 1 heterocycles. The first-order valence-electron chi connectivity index (χ1n) is 6.25. The van der Waals surface area contributed by atoms with E-state index in [1.165, 1.54) is 0 Å². The van der Waals surface area contributed by atoms with Crippen LogP contribution in [0.25, 0.3) is 0 Å². The molecule has 0 saturated heterocycles. The summed E-state index contributed by atoms with van der Waals surface area (Å²) >= 11 is 5.90. The lowest BCUT2D eigenvalue weighted by Gasteiger charge is -2.08. The van der Waals surface area contributed by atoms with E-state index < -0.39 is 0 Å². The average molecular weight is 278 g/mol. The van der Waals surface area contributed by atoms with Crippen LogP contribution in [0.2, 0.25) is 0 Å². The van der Waals surface area contributed by atoms with Crippen LogP contribution in [0.3, 0.4) is 0 Å². The highest BCUT2D eigenvalue weighted by Gasteiger charge is 2.14. The molecule has 2 aromatic rings. The number of rotatable bonds is 4. The Balaban J connectivity index is 2.16. The van der Waals surface area contributed by atoms with Crippen molar-refractivity contribution in [2.24, 2.45) is 0 Å². The molecular weight excluding hydrogens is 262 g/mol. The molecule has 3 nitrogen and oxygen atoms in total. The van der Waals surface area contributed by atoms with Crippen LogP contribution >= 0.6 is 11.6 Å². The molecule has 1 unspecified atom stereocenters. The summed E-state index contributed by atoms with van der Waals surface area (Å²) in [4.78, 5) is 12.1. The summed E-state index contributed by atoms with van der Waals surface area (Å²) in [6, 6.07) is 11.1. The predicted molar refractivity (Wildman–Crippen MR) is 76.7 cm³/mol. The minimum Gasteiger partial charge on any atom is -0.454 e. The van der Waals surface area contributed by atoms with Gasteiger partial charge in [-0.25, -0.2) is 0 Å². The highest BCUT2D eigenvalue weighted by molar-refractivity contribution is 6.20. The van der Waals surface area contributed by atoms with Crippen molar-refractivity contribution in [2.45, 2.75) is 25.6 Å². The van der Waals surface area contributed by atoms with Crippen LogP contribution in [0.4, 0.5) is 5.69 Å². The predicted octanol–water partition coefficient (Wildman–Crippen LogP) is 4.39. The molecule has 100 valence electrons. The second-order valence-electron chi connectivity index (χ2n) is 4.28. The quantitative estimate of drug-likeness (QED) is 0.842. The van der Waals surface area contributed by atoms with E-state index in [0.29, 0.717) is 5.76 Å². The topological polar surface area (TPSA) is 42.2 Å². The van der Waals surface area contributed by atoms with Gasteiger partial charge in [0.1, 0.15) is 5.76 Å². The maximum atomic E-state index is 12.1. The molecule has 1 amide bonds. The van der Waals surface area contributed by atoms with Gasteiger partial charge in [0.05, 0.1) is 5.38 Å². The molecule has 0 aliphatic carbocycles. The van der Waals surface area contributed by atoms with E-state index in [2.05, 4.69) is 5.32 Å². The Bertz CT molecular complexity index is 575. The summed E-state index contributed by atoms with van der Waals surface area (Å²) in [5, 5.41) is 2.61. The number of benzene rings is 1. The largest absolute Gasteiger partial charge is 0.454 e. The lowest BCUT2D eigenvalue weighted by Crippen LogP contribution is -2.12. The third-order valence-corrected chi connectivity index (χ3v) is 3.10. The maximum Gasteiger partial charge on any atom is 0.291 e. The molecular formula is C15H16ClNO2. The van der Waals surface area contributed by atoms with Gasteiger partial charge in [-0.1, -0.05) is 25.1 Å². The van der Waals surface area contributed by atoms with E-state index in [0.717, 1.165) is 17.7 Å². The standard InChI is InChI=1S/C15H16ClNO2/c1-3-11-6-4-5-7-12(11)17-15(18)14-9-8-13(19-14)10(2)16/h4-10H,3H2,1-2H3,(H,17,18). The number of halogens is 1. The maximum absolute atomic E-state index is 12.1. The summed E-state index contributed by atoms with van der Waals surface area (Å²) < 4.78 is 5.41. The fourth-order valence-electron chi connectivity index (χ4n) is 1.82. The van der Waals surface area contributed by atoms with Gasteiger partial charge in [0.25, 0.3) is 5.91 Å². The molecule has 19 heavy (non-hydrogen) atoms. The first-order chi connectivity index (χ1) is 9.11.